The maximum atomic E-state index is 13.0. The third kappa shape index (κ3) is 7.26. The fourth-order valence-electron chi connectivity index (χ4n) is 3.03. The van der Waals surface area contributed by atoms with Crippen molar-refractivity contribution in [3.8, 4) is 5.75 Å². The van der Waals surface area contributed by atoms with Crippen LogP contribution in [0.3, 0.4) is 0 Å². The fraction of sp³-hybridized carbons (Fsp3) is 0.417. The van der Waals surface area contributed by atoms with Crippen molar-refractivity contribution in [1.29, 1.82) is 0 Å². The number of hydrogen-bond acceptors (Lipinski definition) is 3. The van der Waals surface area contributed by atoms with Gasteiger partial charge >= 0.3 is 0 Å². The molecule has 2 aromatic rings. The molecule has 2 amide bonds. The van der Waals surface area contributed by atoms with Crippen molar-refractivity contribution in [2.75, 3.05) is 6.61 Å². The van der Waals surface area contributed by atoms with E-state index in [1.165, 1.54) is 0 Å². The van der Waals surface area contributed by atoms with Crippen molar-refractivity contribution in [3.05, 3.63) is 65.7 Å². The van der Waals surface area contributed by atoms with E-state index in [0.717, 1.165) is 16.9 Å². The van der Waals surface area contributed by atoms with E-state index in [2.05, 4.69) is 5.32 Å². The first-order valence-corrected chi connectivity index (χ1v) is 10.2. The Morgan fingerprint density at radius 1 is 1.00 bits per heavy atom. The Labute approximate surface area is 174 Å². The zero-order valence-electron chi connectivity index (χ0n) is 17.9. The minimum absolute atomic E-state index is 0.0274. The van der Waals surface area contributed by atoms with Crippen LogP contribution in [-0.4, -0.2) is 35.4 Å². The van der Waals surface area contributed by atoms with Crippen molar-refractivity contribution in [2.24, 2.45) is 0 Å². The van der Waals surface area contributed by atoms with Gasteiger partial charge in [0, 0.05) is 19.0 Å². The number of ether oxygens (including phenoxy) is 1. The molecule has 2 rings (SSSR count). The molecule has 1 atom stereocenters. The van der Waals surface area contributed by atoms with Crippen LogP contribution in [0.4, 0.5) is 0 Å². The van der Waals surface area contributed by atoms with Crippen molar-refractivity contribution >= 4 is 11.8 Å². The Bertz CT molecular complexity index is 790. The van der Waals surface area contributed by atoms with Crippen molar-refractivity contribution < 1.29 is 14.3 Å². The molecule has 1 N–H and O–H groups in total. The summed E-state index contributed by atoms with van der Waals surface area (Å²) in [4.78, 5) is 27.2. The lowest BCUT2D eigenvalue weighted by atomic mass is 10.1. The van der Waals surface area contributed by atoms with Gasteiger partial charge in [-0.2, -0.15) is 0 Å². The van der Waals surface area contributed by atoms with E-state index >= 15 is 0 Å². The predicted octanol–water partition coefficient (Wildman–Crippen LogP) is 4.10. The summed E-state index contributed by atoms with van der Waals surface area (Å²) in [6, 6.07) is 17.0. The van der Waals surface area contributed by atoms with Gasteiger partial charge in [-0.25, -0.2) is 0 Å². The zero-order chi connectivity index (χ0) is 21.2. The van der Waals surface area contributed by atoms with Crippen LogP contribution < -0.4 is 10.1 Å². The Balaban J connectivity index is 2.01. The number of rotatable bonds is 10. The van der Waals surface area contributed by atoms with Gasteiger partial charge in [0.15, 0.2) is 0 Å². The quantitative estimate of drug-likeness (QED) is 0.615. The lowest BCUT2D eigenvalue weighted by Crippen LogP contribution is -2.49. The molecule has 0 aliphatic heterocycles. The van der Waals surface area contributed by atoms with Gasteiger partial charge in [-0.15, -0.1) is 0 Å². The van der Waals surface area contributed by atoms with Crippen LogP contribution in [0.2, 0.25) is 0 Å². The SMILES string of the molecule is Cc1ccccc1CN(C(=O)CCCOc1ccccc1)C(C)C(=O)NC(C)C. The monoisotopic (exact) mass is 396 g/mol. The van der Waals surface area contributed by atoms with Gasteiger partial charge in [-0.1, -0.05) is 42.5 Å². The first kappa shape index (κ1) is 22.5. The second-order valence-electron chi connectivity index (χ2n) is 7.55. The molecule has 2 aromatic carbocycles. The van der Waals surface area contributed by atoms with E-state index in [-0.39, 0.29) is 17.9 Å². The molecular formula is C24H32N2O3. The topological polar surface area (TPSA) is 58.6 Å². The van der Waals surface area contributed by atoms with E-state index in [1.54, 1.807) is 11.8 Å². The highest BCUT2D eigenvalue weighted by Crippen LogP contribution is 2.16. The Hall–Kier alpha value is -2.82. The summed E-state index contributed by atoms with van der Waals surface area (Å²) < 4.78 is 5.68. The van der Waals surface area contributed by atoms with Crippen LogP contribution in [0.1, 0.15) is 44.7 Å². The number of para-hydroxylation sites is 1. The first-order valence-electron chi connectivity index (χ1n) is 10.2. The van der Waals surface area contributed by atoms with Crippen molar-refractivity contribution in [2.45, 2.75) is 59.2 Å². The van der Waals surface area contributed by atoms with E-state index in [0.29, 0.717) is 26.0 Å². The van der Waals surface area contributed by atoms with Crippen molar-refractivity contribution in [1.82, 2.24) is 10.2 Å². The molecule has 0 saturated carbocycles. The molecule has 5 heteroatoms. The summed E-state index contributed by atoms with van der Waals surface area (Å²) >= 11 is 0. The average molecular weight is 397 g/mol. The highest BCUT2D eigenvalue weighted by molar-refractivity contribution is 5.87. The number of carbonyl (C=O) groups is 2. The average Bonchev–Trinajstić information content (AvgIpc) is 2.70. The molecule has 0 bridgehead atoms. The van der Waals surface area contributed by atoms with Crippen LogP contribution in [0, 0.1) is 6.92 Å². The number of nitrogens with one attached hydrogen (secondary N) is 1. The minimum Gasteiger partial charge on any atom is -0.494 e. The molecule has 0 heterocycles. The number of aryl methyl sites for hydroxylation is 1. The number of hydrogen-bond donors (Lipinski definition) is 1. The largest absolute Gasteiger partial charge is 0.494 e. The highest BCUT2D eigenvalue weighted by Gasteiger charge is 2.26. The molecule has 0 saturated heterocycles. The molecule has 0 aliphatic carbocycles. The molecule has 156 valence electrons. The zero-order valence-corrected chi connectivity index (χ0v) is 17.9. The number of carbonyl (C=O) groups excluding carboxylic acids is 2. The summed E-state index contributed by atoms with van der Waals surface area (Å²) in [5, 5.41) is 2.91. The first-order chi connectivity index (χ1) is 13.9. The Morgan fingerprint density at radius 3 is 2.31 bits per heavy atom. The highest BCUT2D eigenvalue weighted by atomic mass is 16.5. The summed E-state index contributed by atoms with van der Waals surface area (Å²) in [5.74, 6) is 0.611. The summed E-state index contributed by atoms with van der Waals surface area (Å²) in [7, 11) is 0. The van der Waals surface area contributed by atoms with Gasteiger partial charge in [-0.05, 0) is 57.4 Å². The molecule has 0 radical (unpaired) electrons. The third-order valence-corrected chi connectivity index (χ3v) is 4.75. The maximum absolute atomic E-state index is 13.0. The predicted molar refractivity (Wildman–Crippen MR) is 116 cm³/mol. The lowest BCUT2D eigenvalue weighted by Gasteiger charge is -2.30. The number of amides is 2. The maximum Gasteiger partial charge on any atom is 0.242 e. The summed E-state index contributed by atoms with van der Waals surface area (Å²) in [6.07, 6.45) is 0.925. The summed E-state index contributed by atoms with van der Waals surface area (Å²) in [5.41, 5.74) is 2.15. The minimum atomic E-state index is -0.542. The van der Waals surface area contributed by atoms with E-state index in [4.69, 9.17) is 4.74 Å². The standard InChI is InChI=1S/C24H32N2O3/c1-18(2)25-24(28)20(4)26(17-21-12-9-8-11-19(21)3)23(27)15-10-16-29-22-13-6-5-7-14-22/h5-9,11-14,18,20H,10,15-17H2,1-4H3,(H,25,28). The third-order valence-electron chi connectivity index (χ3n) is 4.75. The van der Waals surface area contributed by atoms with E-state index < -0.39 is 6.04 Å². The molecular weight excluding hydrogens is 364 g/mol. The smallest absolute Gasteiger partial charge is 0.242 e. The molecule has 0 fully saturated rings. The molecule has 0 aliphatic rings. The van der Waals surface area contributed by atoms with Gasteiger partial charge in [-0.3, -0.25) is 9.59 Å². The molecule has 0 aromatic heterocycles. The number of benzene rings is 2. The van der Waals surface area contributed by atoms with Gasteiger partial charge < -0.3 is 15.0 Å². The second kappa shape index (κ2) is 11.2. The van der Waals surface area contributed by atoms with Crippen LogP contribution in [0.15, 0.2) is 54.6 Å². The van der Waals surface area contributed by atoms with Crippen LogP contribution in [0.25, 0.3) is 0 Å². The van der Waals surface area contributed by atoms with Gasteiger partial charge in [0.05, 0.1) is 6.61 Å². The second-order valence-corrected chi connectivity index (χ2v) is 7.55. The van der Waals surface area contributed by atoms with Gasteiger partial charge in [0.25, 0.3) is 0 Å². The Kier molecular flexibility index (Phi) is 8.71. The molecule has 1 unspecified atom stereocenters. The number of nitrogens with zero attached hydrogens (tertiary/aromatic N) is 1. The van der Waals surface area contributed by atoms with Crippen LogP contribution in [0.5, 0.6) is 5.75 Å². The van der Waals surface area contributed by atoms with E-state index in [9.17, 15) is 9.59 Å². The fourth-order valence-corrected chi connectivity index (χ4v) is 3.03. The van der Waals surface area contributed by atoms with Crippen LogP contribution in [-0.2, 0) is 16.1 Å². The van der Waals surface area contributed by atoms with Crippen LogP contribution >= 0.6 is 0 Å². The van der Waals surface area contributed by atoms with Crippen molar-refractivity contribution in [3.63, 3.8) is 0 Å². The summed E-state index contributed by atoms with van der Waals surface area (Å²) in [6.45, 7) is 8.51. The van der Waals surface area contributed by atoms with Gasteiger partial charge in [0.1, 0.15) is 11.8 Å². The molecule has 29 heavy (non-hydrogen) atoms. The lowest BCUT2D eigenvalue weighted by molar-refractivity contribution is -0.141. The molecule has 5 nitrogen and oxygen atoms in total. The Morgan fingerprint density at radius 2 is 1.66 bits per heavy atom. The van der Waals surface area contributed by atoms with Gasteiger partial charge in [0.2, 0.25) is 11.8 Å². The van der Waals surface area contributed by atoms with E-state index in [1.807, 2.05) is 75.4 Å². The molecule has 0 spiro atoms. The normalized spacial score (nSPS) is 11.8.